The molecule has 0 aromatic heterocycles. The van der Waals surface area contributed by atoms with Crippen LogP contribution in [0.25, 0.3) is 0 Å². The summed E-state index contributed by atoms with van der Waals surface area (Å²) in [5.74, 6) is -1.11. The van der Waals surface area contributed by atoms with Gasteiger partial charge in [-0.15, -0.1) is 9.03 Å². The molecule has 8 nitrogen and oxygen atoms in total. The third-order valence-corrected chi connectivity index (χ3v) is 4.00. The molecule has 2 unspecified atom stereocenters. The summed E-state index contributed by atoms with van der Waals surface area (Å²) in [6.07, 6.45) is 1.53. The van der Waals surface area contributed by atoms with Gasteiger partial charge < -0.3 is 25.4 Å². The molecule has 10 heteroatoms. The molecule has 0 aromatic rings. The standard InChI is InChI=1S/C10H24BN3O5S/c1-14(2)20(19)13-8-6-10(12,9(15)16)5-3-4-7-11(17)18/h13,17-18H,3-8,12H2,1-2H3,(H,15,16). The van der Waals surface area contributed by atoms with Crippen LogP contribution >= 0.6 is 0 Å². The van der Waals surface area contributed by atoms with Crippen molar-refractivity contribution < 1.29 is 24.5 Å². The van der Waals surface area contributed by atoms with E-state index in [1.54, 1.807) is 14.1 Å². The van der Waals surface area contributed by atoms with Gasteiger partial charge >= 0.3 is 13.1 Å². The zero-order valence-corrected chi connectivity index (χ0v) is 12.7. The molecule has 0 fully saturated rings. The number of hydrogen-bond donors (Lipinski definition) is 5. The van der Waals surface area contributed by atoms with Crippen LogP contribution < -0.4 is 10.5 Å². The van der Waals surface area contributed by atoms with Gasteiger partial charge in [-0.25, -0.2) is 0 Å². The predicted molar refractivity (Wildman–Crippen MR) is 77.9 cm³/mol. The lowest BCUT2D eigenvalue weighted by molar-refractivity contribution is -0.143. The van der Waals surface area contributed by atoms with E-state index in [9.17, 15) is 14.5 Å². The largest absolute Gasteiger partial charge is 0.579 e. The Bertz CT molecular complexity index is 298. The molecule has 0 rings (SSSR count). The zero-order chi connectivity index (χ0) is 15.8. The zero-order valence-electron chi connectivity index (χ0n) is 11.9. The van der Waals surface area contributed by atoms with E-state index in [4.69, 9.17) is 15.8 Å². The summed E-state index contributed by atoms with van der Waals surface area (Å²) in [6, 6.07) is 0. The number of hydrogen-bond acceptors (Lipinski definition) is 7. The Balaban J connectivity index is 4.15. The van der Waals surface area contributed by atoms with Gasteiger partial charge in [0, 0.05) is 20.6 Å². The van der Waals surface area contributed by atoms with Crippen LogP contribution in [0.5, 0.6) is 0 Å². The van der Waals surface area contributed by atoms with Crippen molar-refractivity contribution in [2.75, 3.05) is 20.6 Å². The third-order valence-electron chi connectivity index (χ3n) is 2.89. The number of nitrogens with one attached hydrogen (secondary N) is 1. The smallest absolute Gasteiger partial charge is 0.451 e. The average molecular weight is 309 g/mol. The van der Waals surface area contributed by atoms with Gasteiger partial charge in [0.25, 0.3) is 0 Å². The minimum atomic E-state index is -1.40. The molecule has 0 aliphatic carbocycles. The van der Waals surface area contributed by atoms with Crippen LogP contribution in [-0.4, -0.2) is 63.3 Å². The highest BCUT2D eigenvalue weighted by molar-refractivity contribution is 7.87. The molecule has 6 N–H and O–H groups in total. The number of carboxylic acid groups (broad SMARTS) is 1. The van der Waals surface area contributed by atoms with Crippen LogP contribution in [0.3, 0.4) is 0 Å². The molecule has 0 aliphatic heterocycles. The fourth-order valence-electron chi connectivity index (χ4n) is 1.60. The summed E-state index contributed by atoms with van der Waals surface area (Å²) in [7, 11) is 1.89. The first-order valence-electron chi connectivity index (χ1n) is 6.40. The highest BCUT2D eigenvalue weighted by Gasteiger charge is 2.33. The van der Waals surface area contributed by atoms with Crippen molar-refractivity contribution in [2.24, 2.45) is 5.73 Å². The Morgan fingerprint density at radius 1 is 1.40 bits per heavy atom. The van der Waals surface area contributed by atoms with Crippen LogP contribution in [0.15, 0.2) is 0 Å². The van der Waals surface area contributed by atoms with Gasteiger partial charge in [-0.1, -0.05) is 12.8 Å². The molecule has 20 heavy (non-hydrogen) atoms. The summed E-state index contributed by atoms with van der Waals surface area (Å²) in [4.78, 5) is 11.2. The van der Waals surface area contributed by atoms with E-state index in [0.29, 0.717) is 12.8 Å². The lowest BCUT2D eigenvalue weighted by Gasteiger charge is -2.25. The number of nitrogens with two attached hydrogens (primary N) is 1. The van der Waals surface area contributed by atoms with Gasteiger partial charge in [-0.2, -0.15) is 0 Å². The lowest BCUT2D eigenvalue weighted by Crippen LogP contribution is -2.50. The number of carboxylic acids is 1. The Kier molecular flexibility index (Phi) is 9.39. The highest BCUT2D eigenvalue weighted by atomic mass is 32.2. The number of unbranched alkanes of at least 4 members (excludes halogenated alkanes) is 1. The average Bonchev–Trinajstić information content (AvgIpc) is 2.34. The number of aliphatic carboxylic acids is 1. The van der Waals surface area contributed by atoms with E-state index in [1.807, 2.05) is 0 Å². The fraction of sp³-hybridized carbons (Fsp3) is 0.900. The van der Waals surface area contributed by atoms with Crippen LogP contribution in [0.2, 0.25) is 6.32 Å². The van der Waals surface area contributed by atoms with Gasteiger partial charge in [-0.3, -0.25) is 4.79 Å². The molecule has 0 bridgehead atoms. The second-order valence-electron chi connectivity index (χ2n) is 4.89. The summed E-state index contributed by atoms with van der Waals surface area (Å²) in [6.45, 7) is 0.218. The Morgan fingerprint density at radius 3 is 2.45 bits per heavy atom. The van der Waals surface area contributed by atoms with Crippen molar-refractivity contribution in [1.29, 1.82) is 0 Å². The summed E-state index contributed by atoms with van der Waals surface area (Å²) < 4.78 is 15.6. The molecule has 0 radical (unpaired) electrons. The van der Waals surface area contributed by atoms with Crippen molar-refractivity contribution in [1.82, 2.24) is 9.03 Å². The first kappa shape index (κ1) is 19.6. The Labute approximate surface area is 122 Å². The van der Waals surface area contributed by atoms with E-state index in [2.05, 4.69) is 4.72 Å². The minimum Gasteiger partial charge on any atom is -0.579 e. The second kappa shape index (κ2) is 9.56. The summed E-state index contributed by atoms with van der Waals surface area (Å²) >= 11 is -1.36. The minimum absolute atomic E-state index is 0.142. The fourth-order valence-corrected chi connectivity index (χ4v) is 2.13. The number of nitrogens with zero attached hydrogens (tertiary/aromatic N) is 1. The SMILES string of the molecule is CN(C)[S+]([O-])NCCC(N)(CCCCB(O)O)C(=O)O. The molecule has 0 aromatic carbocycles. The van der Waals surface area contributed by atoms with Gasteiger partial charge in [0.15, 0.2) is 0 Å². The monoisotopic (exact) mass is 309 g/mol. The van der Waals surface area contributed by atoms with Crippen molar-refractivity contribution in [3.05, 3.63) is 0 Å². The number of carbonyl (C=O) groups is 1. The van der Waals surface area contributed by atoms with Crippen molar-refractivity contribution in [3.63, 3.8) is 0 Å². The molecule has 0 aliphatic rings. The number of rotatable bonds is 11. The Hall–Kier alpha value is -0.355. The van der Waals surface area contributed by atoms with Crippen molar-refractivity contribution in [2.45, 2.75) is 37.5 Å². The lowest BCUT2D eigenvalue weighted by atomic mass is 9.81. The second-order valence-corrected chi connectivity index (χ2v) is 6.41. The third kappa shape index (κ3) is 8.05. The quantitative estimate of drug-likeness (QED) is 0.177. The normalized spacial score (nSPS) is 15.9. The van der Waals surface area contributed by atoms with Gasteiger partial charge in [-0.05, 0) is 19.2 Å². The van der Waals surface area contributed by atoms with E-state index in [0.717, 1.165) is 0 Å². The molecule has 0 saturated carbocycles. The van der Waals surface area contributed by atoms with Crippen LogP contribution in [0, 0.1) is 0 Å². The maximum Gasteiger partial charge on any atom is 0.451 e. The maximum atomic E-state index is 11.4. The van der Waals surface area contributed by atoms with E-state index >= 15 is 0 Å². The van der Waals surface area contributed by atoms with Gasteiger partial charge in [0.2, 0.25) is 0 Å². The Morgan fingerprint density at radius 2 is 2.00 bits per heavy atom. The van der Waals surface area contributed by atoms with Crippen LogP contribution in [0.4, 0.5) is 0 Å². The van der Waals surface area contributed by atoms with E-state index < -0.39 is 30.2 Å². The first-order valence-corrected chi connectivity index (χ1v) is 7.51. The molecular weight excluding hydrogens is 285 g/mol. The highest BCUT2D eigenvalue weighted by Crippen LogP contribution is 2.17. The molecule has 118 valence electrons. The maximum absolute atomic E-state index is 11.4. The summed E-state index contributed by atoms with van der Waals surface area (Å²) in [5, 5.41) is 26.6. The molecular formula is C10H24BN3O5S. The molecule has 0 spiro atoms. The summed E-state index contributed by atoms with van der Waals surface area (Å²) in [5.41, 5.74) is 4.44. The first-order chi connectivity index (χ1) is 9.19. The predicted octanol–water partition coefficient (Wildman–Crippen LogP) is -1.47. The van der Waals surface area contributed by atoms with Crippen molar-refractivity contribution >= 4 is 24.6 Å². The van der Waals surface area contributed by atoms with E-state index in [-0.39, 0.29) is 25.7 Å². The molecule has 2 atom stereocenters. The molecule has 0 heterocycles. The van der Waals surface area contributed by atoms with Crippen LogP contribution in [0.1, 0.15) is 25.7 Å². The van der Waals surface area contributed by atoms with Crippen molar-refractivity contribution in [3.8, 4) is 0 Å². The van der Waals surface area contributed by atoms with Crippen LogP contribution in [-0.2, 0) is 16.3 Å². The van der Waals surface area contributed by atoms with E-state index in [1.165, 1.54) is 4.31 Å². The van der Waals surface area contributed by atoms with Gasteiger partial charge in [0.1, 0.15) is 17.1 Å². The molecule has 0 saturated heterocycles. The topological polar surface area (TPSA) is 142 Å². The molecule has 0 amide bonds. The van der Waals surface area contributed by atoms with Gasteiger partial charge in [0.05, 0.1) is 0 Å².